The average Bonchev–Trinajstić information content (AvgIpc) is 2.35. The Balaban J connectivity index is 3.61. The number of nitrogens with zero attached hydrogens (tertiary/aromatic N) is 1. The molecule has 0 aliphatic heterocycles. The summed E-state index contributed by atoms with van der Waals surface area (Å²) in [5.74, 6) is 0.714. The van der Waals surface area contributed by atoms with Gasteiger partial charge in [-0.1, -0.05) is 0 Å². The number of ether oxygens (including phenoxy) is 3. The second kappa shape index (κ2) is 5.68. The lowest BCUT2D eigenvalue weighted by molar-refractivity contribution is -0.386. The third-order valence-electron chi connectivity index (χ3n) is 2.29. The third-order valence-corrected chi connectivity index (χ3v) is 2.73. The Bertz CT molecular complexity index is 435. The highest BCUT2D eigenvalue weighted by atomic mass is 31.0. The van der Waals surface area contributed by atoms with Crippen LogP contribution >= 0.6 is 9.24 Å². The van der Waals surface area contributed by atoms with Crippen LogP contribution in [0.3, 0.4) is 0 Å². The number of hydrogen-bond donors (Lipinski definition) is 0. The topological polar surface area (TPSA) is 70.8 Å². The van der Waals surface area contributed by atoms with Gasteiger partial charge in [0, 0.05) is 5.56 Å². The van der Waals surface area contributed by atoms with Gasteiger partial charge >= 0.3 is 5.69 Å². The molecule has 7 heteroatoms. The predicted molar refractivity (Wildman–Crippen MR) is 66.2 cm³/mol. The zero-order chi connectivity index (χ0) is 13.0. The predicted octanol–water partition coefficient (Wildman–Crippen LogP) is 2.00. The summed E-state index contributed by atoms with van der Waals surface area (Å²) in [5, 5.41) is 11.0. The number of nitro benzene ring substituents is 1. The van der Waals surface area contributed by atoms with Gasteiger partial charge in [0.2, 0.25) is 11.5 Å². The molecule has 0 saturated carbocycles. The van der Waals surface area contributed by atoms with Gasteiger partial charge < -0.3 is 14.2 Å². The minimum Gasteiger partial charge on any atom is -0.493 e. The maximum atomic E-state index is 11.0. The van der Waals surface area contributed by atoms with Gasteiger partial charge in [-0.3, -0.25) is 10.1 Å². The van der Waals surface area contributed by atoms with Crippen molar-refractivity contribution in [3.05, 3.63) is 21.7 Å². The Labute approximate surface area is 101 Å². The lowest BCUT2D eigenvalue weighted by Crippen LogP contribution is -2.02. The molecular formula is C10H14NO5P. The standard InChI is InChI=1S/C10H14NO5P/c1-14-7-4-6(5-17)8(11(12)13)10(16-3)9(7)15-2/h4H,5,17H2,1-3H3. The number of rotatable bonds is 5. The number of methoxy groups -OCH3 is 3. The van der Waals surface area contributed by atoms with Gasteiger partial charge in [-0.25, -0.2) is 0 Å². The normalized spacial score (nSPS) is 9.88. The monoisotopic (exact) mass is 259 g/mol. The Kier molecular flexibility index (Phi) is 4.52. The van der Waals surface area contributed by atoms with Gasteiger partial charge in [0.1, 0.15) is 0 Å². The summed E-state index contributed by atoms with van der Waals surface area (Å²) < 4.78 is 15.3. The average molecular weight is 259 g/mol. The first-order valence-corrected chi connectivity index (χ1v) is 5.58. The third kappa shape index (κ3) is 2.42. The summed E-state index contributed by atoms with van der Waals surface area (Å²) in [4.78, 5) is 10.6. The molecule has 0 spiro atoms. The second-order valence-corrected chi connectivity index (χ2v) is 3.52. The molecule has 6 nitrogen and oxygen atoms in total. The van der Waals surface area contributed by atoms with Crippen LogP contribution in [0.25, 0.3) is 0 Å². The Hall–Kier alpha value is -1.55. The van der Waals surface area contributed by atoms with Crippen molar-refractivity contribution in [2.45, 2.75) is 6.16 Å². The summed E-state index contributed by atoms with van der Waals surface area (Å²) in [6.07, 6.45) is 0.424. The van der Waals surface area contributed by atoms with Crippen molar-refractivity contribution in [1.29, 1.82) is 0 Å². The van der Waals surface area contributed by atoms with E-state index in [4.69, 9.17) is 14.2 Å². The zero-order valence-electron chi connectivity index (χ0n) is 9.85. The second-order valence-electron chi connectivity index (χ2n) is 3.11. The molecule has 0 radical (unpaired) electrons. The van der Waals surface area contributed by atoms with Gasteiger partial charge in [-0.15, -0.1) is 9.24 Å². The number of hydrogen-bond acceptors (Lipinski definition) is 5. The molecular weight excluding hydrogens is 245 g/mol. The van der Waals surface area contributed by atoms with Crippen molar-refractivity contribution >= 4 is 14.9 Å². The van der Waals surface area contributed by atoms with Crippen LogP contribution in [0.1, 0.15) is 5.56 Å². The van der Waals surface area contributed by atoms with Gasteiger partial charge in [-0.05, 0) is 12.2 Å². The fraction of sp³-hybridized carbons (Fsp3) is 0.400. The first kappa shape index (κ1) is 13.5. The summed E-state index contributed by atoms with van der Waals surface area (Å²) in [6, 6.07) is 1.58. The maximum absolute atomic E-state index is 11.0. The van der Waals surface area contributed by atoms with Crippen LogP contribution in [-0.2, 0) is 6.16 Å². The smallest absolute Gasteiger partial charge is 0.318 e. The van der Waals surface area contributed by atoms with Crippen molar-refractivity contribution in [2.24, 2.45) is 0 Å². The summed E-state index contributed by atoms with van der Waals surface area (Å²) >= 11 is 0. The molecule has 0 saturated heterocycles. The minimum absolute atomic E-state index is 0.0781. The summed E-state index contributed by atoms with van der Waals surface area (Å²) in [6.45, 7) is 0. The van der Waals surface area contributed by atoms with E-state index in [2.05, 4.69) is 9.24 Å². The lowest BCUT2D eigenvalue weighted by atomic mass is 10.1. The molecule has 0 bridgehead atoms. The molecule has 1 rings (SSSR count). The highest BCUT2D eigenvalue weighted by Gasteiger charge is 2.27. The van der Waals surface area contributed by atoms with Crippen LogP contribution in [0.15, 0.2) is 6.07 Å². The molecule has 0 aliphatic rings. The first-order valence-electron chi connectivity index (χ1n) is 4.77. The number of nitro groups is 1. The number of benzene rings is 1. The molecule has 1 atom stereocenters. The SMILES string of the molecule is COc1cc(CP)c([N+](=O)[O-])c(OC)c1OC. The van der Waals surface area contributed by atoms with E-state index in [0.717, 1.165) is 0 Å². The van der Waals surface area contributed by atoms with Crippen LogP contribution < -0.4 is 14.2 Å². The molecule has 1 aromatic rings. The molecule has 0 amide bonds. The molecule has 0 heterocycles. The highest BCUT2D eigenvalue weighted by molar-refractivity contribution is 7.15. The first-order chi connectivity index (χ1) is 8.10. The van der Waals surface area contributed by atoms with Gasteiger partial charge in [-0.2, -0.15) is 0 Å². The zero-order valence-corrected chi connectivity index (χ0v) is 11.0. The molecule has 1 unspecified atom stereocenters. The van der Waals surface area contributed by atoms with Crippen LogP contribution in [-0.4, -0.2) is 26.3 Å². The van der Waals surface area contributed by atoms with E-state index in [0.29, 0.717) is 17.5 Å². The van der Waals surface area contributed by atoms with Crippen LogP contribution in [0.2, 0.25) is 0 Å². The molecule has 17 heavy (non-hydrogen) atoms. The summed E-state index contributed by atoms with van der Waals surface area (Å²) in [5.41, 5.74) is 0.412. The van der Waals surface area contributed by atoms with E-state index in [-0.39, 0.29) is 17.2 Å². The maximum Gasteiger partial charge on any atom is 0.318 e. The highest BCUT2D eigenvalue weighted by Crippen LogP contribution is 2.46. The Morgan fingerprint density at radius 3 is 2.18 bits per heavy atom. The van der Waals surface area contributed by atoms with E-state index in [9.17, 15) is 10.1 Å². The largest absolute Gasteiger partial charge is 0.493 e. The molecule has 0 aromatic heterocycles. The van der Waals surface area contributed by atoms with E-state index >= 15 is 0 Å². The Morgan fingerprint density at radius 2 is 1.82 bits per heavy atom. The molecule has 0 aliphatic carbocycles. The van der Waals surface area contributed by atoms with E-state index in [1.54, 1.807) is 6.07 Å². The van der Waals surface area contributed by atoms with Crippen molar-refractivity contribution in [3.8, 4) is 17.2 Å². The van der Waals surface area contributed by atoms with Gasteiger partial charge in [0.05, 0.1) is 26.3 Å². The fourth-order valence-corrected chi connectivity index (χ4v) is 1.86. The van der Waals surface area contributed by atoms with Crippen LogP contribution in [0, 0.1) is 10.1 Å². The van der Waals surface area contributed by atoms with E-state index in [1.807, 2.05) is 0 Å². The molecule has 0 N–H and O–H groups in total. The van der Waals surface area contributed by atoms with Crippen molar-refractivity contribution in [2.75, 3.05) is 21.3 Å². The Morgan fingerprint density at radius 1 is 1.24 bits per heavy atom. The van der Waals surface area contributed by atoms with Crippen LogP contribution in [0.4, 0.5) is 5.69 Å². The molecule has 0 fully saturated rings. The van der Waals surface area contributed by atoms with Crippen LogP contribution in [0.5, 0.6) is 17.2 Å². The van der Waals surface area contributed by atoms with E-state index < -0.39 is 4.92 Å². The van der Waals surface area contributed by atoms with E-state index in [1.165, 1.54) is 21.3 Å². The van der Waals surface area contributed by atoms with Crippen molar-refractivity contribution in [1.82, 2.24) is 0 Å². The van der Waals surface area contributed by atoms with Crippen molar-refractivity contribution < 1.29 is 19.1 Å². The molecule has 94 valence electrons. The lowest BCUT2D eigenvalue weighted by Gasteiger charge is -2.14. The van der Waals surface area contributed by atoms with Gasteiger partial charge in [0.25, 0.3) is 0 Å². The minimum atomic E-state index is -0.486. The fourth-order valence-electron chi connectivity index (χ4n) is 1.55. The quantitative estimate of drug-likeness (QED) is 0.459. The molecule has 1 aromatic carbocycles. The summed E-state index contributed by atoms with van der Waals surface area (Å²) in [7, 11) is 6.67. The van der Waals surface area contributed by atoms with Gasteiger partial charge in [0.15, 0.2) is 5.75 Å². The van der Waals surface area contributed by atoms with Crippen molar-refractivity contribution in [3.63, 3.8) is 0 Å².